The molecule has 0 fully saturated rings. The van der Waals surface area contributed by atoms with E-state index in [2.05, 4.69) is 57.0 Å². The lowest BCUT2D eigenvalue weighted by atomic mass is 9.89. The highest BCUT2D eigenvalue weighted by Crippen LogP contribution is 2.49. The van der Waals surface area contributed by atoms with Gasteiger partial charge in [-0.15, -0.1) is 0 Å². The first-order valence-corrected chi connectivity index (χ1v) is 7.91. The Morgan fingerprint density at radius 1 is 0.870 bits per heavy atom. The Morgan fingerprint density at radius 3 is 2.70 bits per heavy atom. The Balaban J connectivity index is 1.78. The van der Waals surface area contributed by atoms with Gasteiger partial charge in [-0.1, -0.05) is 24.3 Å². The van der Waals surface area contributed by atoms with Crippen LogP contribution in [0.5, 0.6) is 0 Å². The molecule has 4 nitrogen and oxygen atoms in total. The summed E-state index contributed by atoms with van der Waals surface area (Å²) in [5.41, 5.74) is 6.04. The van der Waals surface area contributed by atoms with E-state index in [0.717, 1.165) is 23.7 Å². The second-order valence-electron chi connectivity index (χ2n) is 6.03. The van der Waals surface area contributed by atoms with Crippen LogP contribution in [0.3, 0.4) is 0 Å². The quantitative estimate of drug-likeness (QED) is 0.717. The standard InChI is InChI=1S/C19H16N4/c1-2-6-15-12(5-1)13-8-10-21-19-17(13)14(11-22-19)18(23-15)16-7-3-4-9-20-16/h1-10,14,18,23H,11H2,(H,21,22). The van der Waals surface area contributed by atoms with Crippen LogP contribution in [0.15, 0.2) is 60.9 Å². The number of nitrogens with zero attached hydrogens (tertiary/aromatic N) is 2. The van der Waals surface area contributed by atoms with Crippen molar-refractivity contribution in [2.24, 2.45) is 0 Å². The van der Waals surface area contributed by atoms with Gasteiger partial charge in [0.2, 0.25) is 0 Å². The van der Waals surface area contributed by atoms with Crippen molar-refractivity contribution < 1.29 is 0 Å². The molecule has 4 heterocycles. The van der Waals surface area contributed by atoms with E-state index in [0.29, 0.717) is 5.92 Å². The summed E-state index contributed by atoms with van der Waals surface area (Å²) in [5, 5.41) is 7.19. The first kappa shape index (κ1) is 12.6. The molecule has 3 aromatic rings. The van der Waals surface area contributed by atoms with Gasteiger partial charge in [0.05, 0.1) is 11.7 Å². The van der Waals surface area contributed by atoms with E-state index < -0.39 is 0 Å². The molecule has 0 radical (unpaired) electrons. The fourth-order valence-corrected chi connectivity index (χ4v) is 3.77. The molecule has 112 valence electrons. The van der Waals surface area contributed by atoms with Crippen LogP contribution in [0.4, 0.5) is 11.5 Å². The molecule has 2 N–H and O–H groups in total. The Hall–Kier alpha value is -2.88. The summed E-state index contributed by atoms with van der Waals surface area (Å²) in [6.07, 6.45) is 3.75. The summed E-state index contributed by atoms with van der Waals surface area (Å²) < 4.78 is 0. The zero-order valence-corrected chi connectivity index (χ0v) is 12.5. The van der Waals surface area contributed by atoms with Crippen molar-refractivity contribution in [3.63, 3.8) is 0 Å². The van der Waals surface area contributed by atoms with Crippen molar-refractivity contribution in [1.29, 1.82) is 0 Å². The van der Waals surface area contributed by atoms with Crippen LogP contribution in [0, 0.1) is 0 Å². The second kappa shape index (κ2) is 4.81. The molecular formula is C19H16N4. The monoisotopic (exact) mass is 300 g/mol. The zero-order valence-electron chi connectivity index (χ0n) is 12.5. The normalized spacial score (nSPS) is 20.7. The highest BCUT2D eigenvalue weighted by molar-refractivity contribution is 5.85. The predicted octanol–water partition coefficient (Wildman–Crippen LogP) is 3.82. The molecule has 2 aliphatic rings. The average molecular weight is 300 g/mol. The number of hydrogen-bond donors (Lipinski definition) is 2. The second-order valence-corrected chi connectivity index (χ2v) is 6.03. The predicted molar refractivity (Wildman–Crippen MR) is 91.5 cm³/mol. The van der Waals surface area contributed by atoms with Crippen LogP contribution < -0.4 is 10.6 Å². The number of hydrogen-bond acceptors (Lipinski definition) is 4. The third kappa shape index (κ3) is 1.84. The van der Waals surface area contributed by atoms with Crippen LogP contribution >= 0.6 is 0 Å². The average Bonchev–Trinajstić information content (AvgIpc) is 2.98. The van der Waals surface area contributed by atoms with Crippen molar-refractivity contribution in [1.82, 2.24) is 9.97 Å². The van der Waals surface area contributed by atoms with E-state index in [-0.39, 0.29) is 6.04 Å². The highest BCUT2D eigenvalue weighted by Gasteiger charge is 2.37. The maximum Gasteiger partial charge on any atom is 0.130 e. The minimum absolute atomic E-state index is 0.136. The van der Waals surface area contributed by atoms with Gasteiger partial charge < -0.3 is 10.6 Å². The Labute approximate surface area is 134 Å². The van der Waals surface area contributed by atoms with Crippen molar-refractivity contribution in [3.05, 3.63) is 72.2 Å². The summed E-state index contributed by atoms with van der Waals surface area (Å²) in [7, 11) is 0. The van der Waals surface area contributed by atoms with Gasteiger partial charge in [-0.3, -0.25) is 4.98 Å². The van der Waals surface area contributed by atoms with Crippen LogP contribution in [0.1, 0.15) is 23.2 Å². The third-order valence-electron chi connectivity index (χ3n) is 4.79. The minimum Gasteiger partial charge on any atom is -0.375 e. The third-order valence-corrected chi connectivity index (χ3v) is 4.79. The van der Waals surface area contributed by atoms with Gasteiger partial charge in [0.25, 0.3) is 0 Å². The van der Waals surface area contributed by atoms with Crippen molar-refractivity contribution in [2.75, 3.05) is 17.2 Å². The first-order valence-electron chi connectivity index (χ1n) is 7.91. The van der Waals surface area contributed by atoms with Crippen LogP contribution in [-0.2, 0) is 0 Å². The maximum absolute atomic E-state index is 4.60. The van der Waals surface area contributed by atoms with Crippen LogP contribution in [-0.4, -0.2) is 16.5 Å². The number of rotatable bonds is 1. The molecule has 5 rings (SSSR count). The van der Waals surface area contributed by atoms with Gasteiger partial charge in [0, 0.05) is 41.7 Å². The van der Waals surface area contributed by atoms with E-state index in [4.69, 9.17) is 0 Å². The van der Waals surface area contributed by atoms with E-state index in [9.17, 15) is 0 Å². The topological polar surface area (TPSA) is 49.8 Å². The van der Waals surface area contributed by atoms with Crippen LogP contribution in [0.25, 0.3) is 11.1 Å². The molecule has 0 saturated heterocycles. The van der Waals surface area contributed by atoms with Gasteiger partial charge in [-0.2, -0.15) is 0 Å². The molecule has 1 aromatic carbocycles. The van der Waals surface area contributed by atoms with Crippen molar-refractivity contribution >= 4 is 11.5 Å². The number of nitrogens with one attached hydrogen (secondary N) is 2. The maximum atomic E-state index is 4.60. The largest absolute Gasteiger partial charge is 0.375 e. The molecule has 4 heteroatoms. The summed E-state index contributed by atoms with van der Waals surface area (Å²) in [4.78, 5) is 9.14. The lowest BCUT2D eigenvalue weighted by Gasteiger charge is -2.23. The van der Waals surface area contributed by atoms with E-state index in [1.54, 1.807) is 0 Å². The smallest absolute Gasteiger partial charge is 0.130 e. The van der Waals surface area contributed by atoms with Crippen LogP contribution in [0.2, 0.25) is 0 Å². The van der Waals surface area contributed by atoms with Gasteiger partial charge in [0.1, 0.15) is 5.82 Å². The zero-order chi connectivity index (χ0) is 15.2. The molecule has 0 saturated carbocycles. The fourth-order valence-electron chi connectivity index (χ4n) is 3.77. The molecule has 0 bridgehead atoms. The molecule has 0 spiro atoms. The molecule has 2 aliphatic heterocycles. The summed E-state index contributed by atoms with van der Waals surface area (Å²) >= 11 is 0. The van der Waals surface area contributed by atoms with Gasteiger partial charge in [0.15, 0.2) is 0 Å². The van der Waals surface area contributed by atoms with Gasteiger partial charge >= 0.3 is 0 Å². The van der Waals surface area contributed by atoms with Gasteiger partial charge in [-0.05, 0) is 29.8 Å². The summed E-state index contributed by atoms with van der Waals surface area (Å²) in [6.45, 7) is 0.877. The Morgan fingerprint density at radius 2 is 1.78 bits per heavy atom. The van der Waals surface area contributed by atoms with E-state index >= 15 is 0 Å². The van der Waals surface area contributed by atoms with Crippen molar-refractivity contribution in [2.45, 2.75) is 12.0 Å². The Bertz CT molecular complexity index is 876. The van der Waals surface area contributed by atoms with Crippen molar-refractivity contribution in [3.8, 4) is 11.1 Å². The molecule has 0 aliphatic carbocycles. The minimum atomic E-state index is 0.136. The van der Waals surface area contributed by atoms with E-state index in [1.807, 2.05) is 24.5 Å². The lowest BCUT2D eigenvalue weighted by Crippen LogP contribution is -2.21. The first-order chi connectivity index (χ1) is 11.4. The molecule has 2 atom stereocenters. The van der Waals surface area contributed by atoms with E-state index in [1.165, 1.54) is 16.7 Å². The number of pyridine rings is 2. The lowest BCUT2D eigenvalue weighted by molar-refractivity contribution is 0.622. The van der Waals surface area contributed by atoms with Gasteiger partial charge in [-0.25, -0.2) is 4.98 Å². The molecular weight excluding hydrogens is 284 g/mol. The summed E-state index contributed by atoms with van der Waals surface area (Å²) in [6, 6.07) is 16.9. The number of anilines is 2. The summed E-state index contributed by atoms with van der Waals surface area (Å²) in [5.74, 6) is 1.32. The number of fused-ring (bicyclic) bond motifs is 2. The SMILES string of the molecule is c1ccc(C2Nc3ccccc3-c3ccnc4c3C2CN4)nc1. The molecule has 2 unspecified atom stereocenters. The number of benzene rings is 1. The molecule has 0 amide bonds. The highest BCUT2D eigenvalue weighted by atomic mass is 15.1. The molecule has 23 heavy (non-hydrogen) atoms. The fraction of sp³-hybridized carbons (Fsp3) is 0.158. The molecule has 2 aromatic heterocycles. The Kier molecular flexibility index (Phi) is 2.65. The number of para-hydroxylation sites is 1. The number of aromatic nitrogens is 2.